The first-order valence-electron chi connectivity index (χ1n) is 9.40. The molecule has 154 valence electrons. The van der Waals surface area contributed by atoms with Gasteiger partial charge in [-0.25, -0.2) is 9.18 Å². The summed E-state index contributed by atoms with van der Waals surface area (Å²) in [5, 5.41) is 0.151. The van der Waals surface area contributed by atoms with Crippen LogP contribution in [-0.2, 0) is 0 Å². The second kappa shape index (κ2) is 6.77. The molecule has 0 amide bonds. The average Bonchev–Trinajstić information content (AvgIpc) is 3.29. The fourth-order valence-electron chi connectivity index (χ4n) is 4.29. The van der Waals surface area contributed by atoms with Gasteiger partial charge in [-0.05, 0) is 52.0 Å². The van der Waals surface area contributed by atoms with Crippen LogP contribution in [0.5, 0.6) is 0 Å². The number of aromatic nitrogens is 2. The van der Waals surface area contributed by atoms with Crippen molar-refractivity contribution in [1.29, 1.82) is 0 Å². The lowest BCUT2D eigenvalue weighted by atomic mass is 9.88. The Morgan fingerprint density at radius 3 is 2.39 bits per heavy atom. The summed E-state index contributed by atoms with van der Waals surface area (Å²) < 4.78 is 17.2. The van der Waals surface area contributed by atoms with Crippen molar-refractivity contribution >= 4 is 29.0 Å². The highest BCUT2D eigenvalue weighted by molar-refractivity contribution is 5.87. The number of hydrogen-bond acceptors (Lipinski definition) is 5. The Hall–Kier alpha value is -2.06. The SMILES string of the molecule is Cc1c(N2CCC(C(C)(C)N)C2)c(F)cc2c(=O)n(N)c(=O)n(C3CC3)c12.Cl. The van der Waals surface area contributed by atoms with Gasteiger partial charge in [0.25, 0.3) is 5.56 Å². The number of hydrogen-bond donors (Lipinski definition) is 2. The highest BCUT2D eigenvalue weighted by atomic mass is 35.5. The van der Waals surface area contributed by atoms with Gasteiger partial charge in [-0.15, -0.1) is 12.4 Å². The van der Waals surface area contributed by atoms with Crippen LogP contribution in [0.25, 0.3) is 10.9 Å². The van der Waals surface area contributed by atoms with Crippen LogP contribution in [0.15, 0.2) is 15.7 Å². The third-order valence-corrected chi connectivity index (χ3v) is 6.03. The van der Waals surface area contributed by atoms with Crippen LogP contribution in [0, 0.1) is 18.7 Å². The summed E-state index contributed by atoms with van der Waals surface area (Å²) >= 11 is 0. The fourth-order valence-corrected chi connectivity index (χ4v) is 4.29. The Bertz CT molecular complexity index is 1050. The zero-order valence-corrected chi connectivity index (χ0v) is 17.2. The van der Waals surface area contributed by atoms with Crippen molar-refractivity contribution in [1.82, 2.24) is 9.24 Å². The van der Waals surface area contributed by atoms with E-state index in [0.29, 0.717) is 34.5 Å². The van der Waals surface area contributed by atoms with Gasteiger partial charge in [-0.2, -0.15) is 4.68 Å². The molecule has 28 heavy (non-hydrogen) atoms. The van der Waals surface area contributed by atoms with Gasteiger partial charge in [-0.1, -0.05) is 0 Å². The lowest BCUT2D eigenvalue weighted by Crippen LogP contribution is -2.45. The van der Waals surface area contributed by atoms with E-state index in [1.165, 1.54) is 6.07 Å². The van der Waals surface area contributed by atoms with Crippen LogP contribution in [-0.4, -0.2) is 27.9 Å². The van der Waals surface area contributed by atoms with Gasteiger partial charge < -0.3 is 16.5 Å². The van der Waals surface area contributed by atoms with Gasteiger partial charge >= 0.3 is 5.69 Å². The number of aryl methyl sites for hydroxylation is 1. The highest BCUT2D eigenvalue weighted by Gasteiger charge is 2.35. The fraction of sp³-hybridized carbons (Fsp3) is 0.579. The second-order valence-electron chi connectivity index (χ2n) is 8.54. The maximum Gasteiger partial charge on any atom is 0.350 e. The molecular weight excluding hydrogens is 385 g/mol. The predicted molar refractivity (Wildman–Crippen MR) is 111 cm³/mol. The molecule has 1 unspecified atom stereocenters. The molecule has 0 spiro atoms. The smallest absolute Gasteiger partial charge is 0.350 e. The van der Waals surface area contributed by atoms with Crippen LogP contribution in [0.1, 0.15) is 44.7 Å². The molecule has 1 aromatic carbocycles. The van der Waals surface area contributed by atoms with E-state index in [1.807, 2.05) is 18.7 Å². The largest absolute Gasteiger partial charge is 0.369 e. The first-order chi connectivity index (χ1) is 12.6. The normalized spacial score (nSPS) is 19.9. The van der Waals surface area contributed by atoms with Crippen molar-refractivity contribution in [2.75, 3.05) is 23.8 Å². The van der Waals surface area contributed by atoms with E-state index in [9.17, 15) is 9.59 Å². The minimum absolute atomic E-state index is 0. The average molecular weight is 412 g/mol. The van der Waals surface area contributed by atoms with E-state index in [4.69, 9.17) is 11.6 Å². The van der Waals surface area contributed by atoms with E-state index in [2.05, 4.69) is 0 Å². The van der Waals surface area contributed by atoms with Crippen LogP contribution in [0.3, 0.4) is 0 Å². The molecule has 1 atom stereocenters. The Morgan fingerprint density at radius 1 is 1.21 bits per heavy atom. The molecular formula is C19H27ClFN5O2. The molecule has 2 heterocycles. The van der Waals surface area contributed by atoms with Gasteiger partial charge in [0.15, 0.2) is 0 Å². The van der Waals surface area contributed by atoms with Gasteiger partial charge in [0.2, 0.25) is 0 Å². The lowest BCUT2D eigenvalue weighted by molar-refractivity contribution is 0.348. The van der Waals surface area contributed by atoms with Gasteiger partial charge in [0.1, 0.15) is 5.82 Å². The first-order valence-corrected chi connectivity index (χ1v) is 9.40. The van der Waals surface area contributed by atoms with Crippen molar-refractivity contribution in [2.24, 2.45) is 11.7 Å². The lowest BCUT2D eigenvalue weighted by Gasteiger charge is -2.28. The molecule has 4 rings (SSSR count). The van der Waals surface area contributed by atoms with Gasteiger partial charge in [0.05, 0.1) is 16.6 Å². The van der Waals surface area contributed by atoms with Crippen molar-refractivity contribution in [2.45, 2.75) is 51.6 Å². The van der Waals surface area contributed by atoms with Crippen LogP contribution >= 0.6 is 12.4 Å². The Balaban J connectivity index is 0.00000225. The summed E-state index contributed by atoms with van der Waals surface area (Å²) in [4.78, 5) is 27.1. The first kappa shape index (κ1) is 20.7. The molecule has 1 aromatic heterocycles. The maximum atomic E-state index is 15.1. The molecule has 1 saturated carbocycles. The minimum atomic E-state index is -0.664. The molecule has 7 nitrogen and oxygen atoms in total. The van der Waals surface area contributed by atoms with Crippen molar-refractivity contribution in [3.63, 3.8) is 0 Å². The van der Waals surface area contributed by atoms with Crippen molar-refractivity contribution < 1.29 is 4.39 Å². The third kappa shape index (κ3) is 3.08. The number of rotatable bonds is 3. The van der Waals surface area contributed by atoms with Crippen LogP contribution < -0.4 is 27.7 Å². The van der Waals surface area contributed by atoms with Crippen molar-refractivity contribution in [3.8, 4) is 0 Å². The number of benzene rings is 1. The molecule has 1 aliphatic heterocycles. The number of fused-ring (bicyclic) bond motifs is 1. The summed E-state index contributed by atoms with van der Waals surface area (Å²) in [6.45, 7) is 7.09. The van der Waals surface area contributed by atoms with Crippen LogP contribution in [0.2, 0.25) is 0 Å². The second-order valence-corrected chi connectivity index (χ2v) is 8.54. The summed E-state index contributed by atoms with van der Waals surface area (Å²) in [6, 6.07) is 1.24. The van der Waals surface area contributed by atoms with Gasteiger partial charge in [-0.3, -0.25) is 9.36 Å². The summed E-state index contributed by atoms with van der Waals surface area (Å²) in [5.41, 5.74) is 6.27. The summed E-state index contributed by atoms with van der Waals surface area (Å²) in [7, 11) is 0. The van der Waals surface area contributed by atoms with E-state index in [0.717, 1.165) is 19.3 Å². The zero-order valence-electron chi connectivity index (χ0n) is 16.4. The molecule has 2 aliphatic rings. The van der Waals surface area contributed by atoms with Crippen LogP contribution in [0.4, 0.5) is 10.1 Å². The summed E-state index contributed by atoms with van der Waals surface area (Å²) in [6.07, 6.45) is 2.58. The number of anilines is 1. The zero-order chi connectivity index (χ0) is 19.7. The van der Waals surface area contributed by atoms with Gasteiger partial charge in [0, 0.05) is 30.2 Å². The molecule has 0 radical (unpaired) electrons. The molecule has 2 fully saturated rings. The maximum absolute atomic E-state index is 15.1. The number of nitrogens with two attached hydrogens (primary N) is 2. The molecule has 2 aromatic rings. The van der Waals surface area contributed by atoms with E-state index in [-0.39, 0.29) is 35.3 Å². The third-order valence-electron chi connectivity index (χ3n) is 6.03. The summed E-state index contributed by atoms with van der Waals surface area (Å²) in [5.74, 6) is 5.45. The Morgan fingerprint density at radius 2 is 1.86 bits per heavy atom. The standard InChI is InChI=1S/C19H26FN5O2.ClH/c1-10-15-13(17(26)25(22)18(27)24(15)12-4-5-12)8-14(20)16(10)23-7-6-11(9-23)19(2,3)21;/h8,11-12H,4-7,9,21-22H2,1-3H3;1H. The molecule has 0 bridgehead atoms. The topological polar surface area (TPSA) is 99.3 Å². The highest BCUT2D eigenvalue weighted by Crippen LogP contribution is 2.39. The van der Waals surface area contributed by atoms with E-state index >= 15 is 4.39 Å². The molecule has 9 heteroatoms. The minimum Gasteiger partial charge on any atom is -0.369 e. The van der Waals surface area contributed by atoms with E-state index < -0.39 is 17.1 Å². The monoisotopic (exact) mass is 411 g/mol. The predicted octanol–water partition coefficient (Wildman–Crippen LogP) is 1.64. The Labute approximate surface area is 168 Å². The van der Waals surface area contributed by atoms with E-state index in [1.54, 1.807) is 11.5 Å². The quantitative estimate of drug-likeness (QED) is 0.748. The number of halogens is 2. The van der Waals surface area contributed by atoms with Crippen molar-refractivity contribution in [3.05, 3.63) is 38.3 Å². The number of nitrogens with zero attached hydrogens (tertiary/aromatic N) is 3. The Kier molecular flexibility index (Phi) is 5.00. The molecule has 1 aliphatic carbocycles. The molecule has 1 saturated heterocycles. The number of nitrogen functional groups attached to an aromatic ring is 1. The molecule has 4 N–H and O–H groups in total.